The Hall–Kier alpha value is -2.50. The molecular weight excluding hydrogens is 379 g/mol. The van der Waals surface area contributed by atoms with Crippen molar-refractivity contribution in [3.05, 3.63) is 76.3 Å². The van der Waals surface area contributed by atoms with Crippen LogP contribution in [0.1, 0.15) is 40.7 Å². The van der Waals surface area contributed by atoms with E-state index in [1.165, 1.54) is 0 Å². The third-order valence-corrected chi connectivity index (χ3v) is 5.51. The van der Waals surface area contributed by atoms with Gasteiger partial charge in [-0.25, -0.2) is 9.37 Å². The van der Waals surface area contributed by atoms with E-state index in [-0.39, 0.29) is 11.6 Å². The van der Waals surface area contributed by atoms with Crippen molar-refractivity contribution in [1.29, 1.82) is 0 Å². The van der Waals surface area contributed by atoms with Crippen molar-refractivity contribution < 1.29 is 14.3 Å². The summed E-state index contributed by atoms with van der Waals surface area (Å²) in [6.45, 7) is 0. The van der Waals surface area contributed by atoms with E-state index >= 15 is 4.39 Å². The SMILES string of the molecule is O=C(N[C@H]1CCC[C@@H]1O)c1cc(Cc2ccc(Cl)nc2)c2ccccc2c1F. The zero-order chi connectivity index (χ0) is 19.7. The Balaban J connectivity index is 1.73. The Labute approximate surface area is 167 Å². The number of fused-ring (bicyclic) bond motifs is 1. The second kappa shape index (κ2) is 7.86. The fourth-order valence-electron chi connectivity index (χ4n) is 3.81. The lowest BCUT2D eigenvalue weighted by Crippen LogP contribution is -2.40. The number of nitrogens with zero attached hydrogens (tertiary/aromatic N) is 1. The topological polar surface area (TPSA) is 62.2 Å². The van der Waals surface area contributed by atoms with Crippen LogP contribution in [-0.4, -0.2) is 28.1 Å². The van der Waals surface area contributed by atoms with Crippen LogP contribution >= 0.6 is 11.6 Å². The molecular formula is C22H20ClFN2O2. The number of hydrogen-bond acceptors (Lipinski definition) is 3. The summed E-state index contributed by atoms with van der Waals surface area (Å²) in [5, 5.41) is 14.3. The summed E-state index contributed by atoms with van der Waals surface area (Å²) in [5.41, 5.74) is 1.74. The monoisotopic (exact) mass is 398 g/mol. The van der Waals surface area contributed by atoms with Crippen LogP contribution in [0.3, 0.4) is 0 Å². The van der Waals surface area contributed by atoms with Crippen molar-refractivity contribution >= 4 is 28.3 Å². The highest BCUT2D eigenvalue weighted by atomic mass is 35.5. The average molecular weight is 399 g/mol. The Morgan fingerprint density at radius 3 is 2.68 bits per heavy atom. The van der Waals surface area contributed by atoms with E-state index in [0.717, 1.165) is 22.9 Å². The van der Waals surface area contributed by atoms with Crippen LogP contribution in [0.4, 0.5) is 4.39 Å². The summed E-state index contributed by atoms with van der Waals surface area (Å²) in [7, 11) is 0. The molecule has 1 fully saturated rings. The van der Waals surface area contributed by atoms with Crippen LogP contribution < -0.4 is 5.32 Å². The molecule has 1 aliphatic rings. The first-order valence-corrected chi connectivity index (χ1v) is 9.70. The molecule has 2 atom stereocenters. The van der Waals surface area contributed by atoms with Gasteiger partial charge in [0.25, 0.3) is 5.91 Å². The first kappa shape index (κ1) is 18.8. The molecule has 0 bridgehead atoms. The molecule has 0 unspecified atom stereocenters. The third-order valence-electron chi connectivity index (χ3n) is 5.29. The van der Waals surface area contributed by atoms with Gasteiger partial charge >= 0.3 is 0 Å². The van der Waals surface area contributed by atoms with E-state index in [1.54, 1.807) is 30.5 Å². The maximum Gasteiger partial charge on any atom is 0.254 e. The van der Waals surface area contributed by atoms with Gasteiger partial charge in [-0.1, -0.05) is 41.9 Å². The highest BCUT2D eigenvalue weighted by Crippen LogP contribution is 2.28. The molecule has 2 N–H and O–H groups in total. The standard InChI is InChI=1S/C22H20ClFN2O2/c23-20-9-8-13(12-25-20)10-14-11-17(21(24)16-5-2-1-4-15(14)16)22(28)26-18-6-3-7-19(18)27/h1-2,4-5,8-9,11-12,18-19,27H,3,6-7,10H2,(H,26,28)/t18-,19-/m0/s1. The molecule has 0 radical (unpaired) electrons. The molecule has 1 aliphatic carbocycles. The zero-order valence-corrected chi connectivity index (χ0v) is 15.9. The van der Waals surface area contributed by atoms with Crippen molar-refractivity contribution in [2.75, 3.05) is 0 Å². The lowest BCUT2D eigenvalue weighted by atomic mass is 9.95. The normalized spacial score (nSPS) is 19.1. The fraction of sp³-hybridized carbons (Fsp3) is 0.273. The number of aromatic nitrogens is 1. The van der Waals surface area contributed by atoms with Gasteiger partial charge < -0.3 is 10.4 Å². The molecule has 0 spiro atoms. The van der Waals surface area contributed by atoms with E-state index in [9.17, 15) is 9.90 Å². The molecule has 2 aromatic carbocycles. The summed E-state index contributed by atoms with van der Waals surface area (Å²) in [6, 6.07) is 12.0. The number of halogens is 2. The summed E-state index contributed by atoms with van der Waals surface area (Å²) in [5.74, 6) is -1.04. The first-order valence-electron chi connectivity index (χ1n) is 9.32. The molecule has 144 valence electrons. The molecule has 28 heavy (non-hydrogen) atoms. The largest absolute Gasteiger partial charge is 0.391 e. The van der Waals surface area contributed by atoms with Gasteiger partial charge in [0.05, 0.1) is 17.7 Å². The number of amides is 1. The molecule has 3 aromatic rings. The Morgan fingerprint density at radius 2 is 2.00 bits per heavy atom. The smallest absolute Gasteiger partial charge is 0.254 e. The number of hydrogen-bond donors (Lipinski definition) is 2. The molecule has 1 aromatic heterocycles. The Bertz CT molecular complexity index is 1020. The number of nitrogens with one attached hydrogen (secondary N) is 1. The van der Waals surface area contributed by atoms with Gasteiger partial charge in [-0.15, -0.1) is 0 Å². The van der Waals surface area contributed by atoms with Gasteiger partial charge in [-0.05, 0) is 54.3 Å². The highest BCUT2D eigenvalue weighted by Gasteiger charge is 2.28. The minimum absolute atomic E-state index is 0.00489. The van der Waals surface area contributed by atoms with E-state index in [1.807, 2.05) is 18.2 Å². The van der Waals surface area contributed by atoms with Gasteiger partial charge in [-0.3, -0.25) is 4.79 Å². The van der Waals surface area contributed by atoms with Gasteiger partial charge in [0.1, 0.15) is 11.0 Å². The summed E-state index contributed by atoms with van der Waals surface area (Å²) >= 11 is 5.86. The molecule has 0 aliphatic heterocycles. The van der Waals surface area contributed by atoms with Crippen molar-refractivity contribution in [2.24, 2.45) is 0 Å². The van der Waals surface area contributed by atoms with Crippen LogP contribution in [0.2, 0.25) is 5.15 Å². The van der Waals surface area contributed by atoms with Gasteiger partial charge in [0, 0.05) is 11.6 Å². The average Bonchev–Trinajstić information content (AvgIpc) is 3.10. The van der Waals surface area contributed by atoms with E-state index < -0.39 is 17.8 Å². The van der Waals surface area contributed by atoms with E-state index in [0.29, 0.717) is 29.8 Å². The second-order valence-electron chi connectivity index (χ2n) is 7.19. The quantitative estimate of drug-likeness (QED) is 0.645. The van der Waals surface area contributed by atoms with Crippen LogP contribution in [-0.2, 0) is 6.42 Å². The van der Waals surface area contributed by atoms with Crippen molar-refractivity contribution in [1.82, 2.24) is 10.3 Å². The van der Waals surface area contributed by atoms with E-state index in [4.69, 9.17) is 11.6 Å². The minimum Gasteiger partial charge on any atom is -0.391 e. The maximum absolute atomic E-state index is 15.1. The lowest BCUT2D eigenvalue weighted by molar-refractivity contribution is 0.0869. The summed E-state index contributed by atoms with van der Waals surface area (Å²) < 4.78 is 15.1. The number of pyridine rings is 1. The fourth-order valence-corrected chi connectivity index (χ4v) is 3.92. The molecule has 1 heterocycles. The second-order valence-corrected chi connectivity index (χ2v) is 7.57. The lowest BCUT2D eigenvalue weighted by Gasteiger charge is -2.18. The molecule has 1 saturated carbocycles. The predicted molar refractivity (Wildman–Crippen MR) is 107 cm³/mol. The van der Waals surface area contributed by atoms with Gasteiger partial charge in [0.2, 0.25) is 0 Å². The number of carbonyl (C=O) groups is 1. The van der Waals surface area contributed by atoms with E-state index in [2.05, 4.69) is 10.3 Å². The minimum atomic E-state index is -0.577. The van der Waals surface area contributed by atoms with Crippen LogP contribution in [0.5, 0.6) is 0 Å². The molecule has 1 amide bonds. The van der Waals surface area contributed by atoms with Crippen LogP contribution in [0, 0.1) is 5.82 Å². The Kier molecular flexibility index (Phi) is 5.29. The summed E-state index contributed by atoms with van der Waals surface area (Å²) in [6.07, 6.45) is 3.80. The molecule has 4 rings (SSSR count). The maximum atomic E-state index is 15.1. The molecule has 4 nitrogen and oxygen atoms in total. The highest BCUT2D eigenvalue weighted by molar-refractivity contribution is 6.29. The zero-order valence-electron chi connectivity index (χ0n) is 15.2. The van der Waals surface area contributed by atoms with Crippen LogP contribution in [0.25, 0.3) is 10.8 Å². The Morgan fingerprint density at radius 1 is 1.21 bits per heavy atom. The van der Waals surface area contributed by atoms with Crippen LogP contribution in [0.15, 0.2) is 48.7 Å². The van der Waals surface area contributed by atoms with Gasteiger partial charge in [-0.2, -0.15) is 0 Å². The number of aliphatic hydroxyl groups excluding tert-OH is 1. The number of benzene rings is 2. The summed E-state index contributed by atoms with van der Waals surface area (Å²) in [4.78, 5) is 16.9. The number of aliphatic hydroxyl groups is 1. The molecule has 6 heteroatoms. The third kappa shape index (κ3) is 3.73. The molecule has 0 saturated heterocycles. The van der Waals surface area contributed by atoms with Crippen molar-refractivity contribution in [3.8, 4) is 0 Å². The van der Waals surface area contributed by atoms with Crippen molar-refractivity contribution in [2.45, 2.75) is 37.8 Å². The predicted octanol–water partition coefficient (Wildman–Crippen LogP) is 4.26. The number of carbonyl (C=O) groups excluding carboxylic acids is 1. The first-order chi connectivity index (χ1) is 13.5. The number of rotatable bonds is 4. The van der Waals surface area contributed by atoms with Gasteiger partial charge in [0.15, 0.2) is 0 Å². The van der Waals surface area contributed by atoms with Crippen molar-refractivity contribution in [3.63, 3.8) is 0 Å².